The number of carbonyl (C=O) groups is 1. The maximum absolute atomic E-state index is 14.6. The van der Waals surface area contributed by atoms with Gasteiger partial charge in [-0.15, -0.1) is 0 Å². The summed E-state index contributed by atoms with van der Waals surface area (Å²) in [6.07, 6.45) is -6.48. The summed E-state index contributed by atoms with van der Waals surface area (Å²) in [5, 5.41) is 0. The normalized spacial score (nSPS) is 15.2. The lowest BCUT2D eigenvalue weighted by molar-refractivity contribution is -0.137. The summed E-state index contributed by atoms with van der Waals surface area (Å²) in [5.74, 6) is -2.73. The van der Waals surface area contributed by atoms with Crippen molar-refractivity contribution in [2.24, 2.45) is 0 Å². The molecule has 4 aromatic rings. The van der Waals surface area contributed by atoms with Gasteiger partial charge in [0.1, 0.15) is 23.5 Å². The van der Waals surface area contributed by atoms with Gasteiger partial charge in [-0.05, 0) is 66.6 Å². The van der Waals surface area contributed by atoms with Crippen LogP contribution in [0.2, 0.25) is 0 Å². The lowest BCUT2D eigenvalue weighted by Crippen LogP contribution is -2.44. The first-order valence-electron chi connectivity index (χ1n) is 13.2. The van der Waals surface area contributed by atoms with Crippen molar-refractivity contribution < 1.29 is 48.3 Å². The molecule has 15 heteroatoms. The number of alkyl halides is 3. The minimum atomic E-state index is -4.84. The second-order valence-electron chi connectivity index (χ2n) is 9.99. The first-order chi connectivity index (χ1) is 21.1. The number of sulfonamides is 2. The Morgan fingerprint density at radius 3 is 2.27 bits per heavy atom. The second kappa shape index (κ2) is 12.1. The van der Waals surface area contributed by atoms with E-state index in [1.165, 1.54) is 42.5 Å². The molecule has 45 heavy (non-hydrogen) atoms. The molecule has 0 bridgehead atoms. The van der Waals surface area contributed by atoms with Crippen LogP contribution in [0.25, 0.3) is 11.1 Å². The minimum Gasteiger partial charge on any atom is -0.486 e. The Kier molecular flexibility index (Phi) is 8.60. The summed E-state index contributed by atoms with van der Waals surface area (Å²) in [4.78, 5) is 11.7. The van der Waals surface area contributed by atoms with E-state index in [2.05, 4.69) is 0 Å². The van der Waals surface area contributed by atoms with Crippen LogP contribution in [0.1, 0.15) is 18.4 Å². The molecule has 0 saturated heterocycles. The largest absolute Gasteiger partial charge is 0.486 e. The standard InChI is InChI=1S/C30H23F5N2O6S2/c31-21-10-12-25(26(32)17-21)19-9-13-28-27(15-19)37(45(41,42)24-8-4-5-20(16-24)30(33,34)35)18-22(43-28)11-14-29(38)36-44(39,40)23-6-2-1-3-7-23/h1-10,12-13,15-17,22H,11,14,18H2,(H,36,38)/t22-/m0/s1. The summed E-state index contributed by atoms with van der Waals surface area (Å²) in [7, 11) is -8.88. The Balaban J connectivity index is 1.47. The maximum atomic E-state index is 14.6. The quantitative estimate of drug-likeness (QED) is 0.235. The number of hydrogen-bond acceptors (Lipinski definition) is 6. The molecule has 0 aliphatic carbocycles. The molecule has 1 aliphatic rings. The molecule has 4 aromatic carbocycles. The number of halogens is 5. The fourth-order valence-electron chi connectivity index (χ4n) is 4.69. The van der Waals surface area contributed by atoms with Crippen LogP contribution >= 0.6 is 0 Å². The SMILES string of the molecule is O=C(CC[C@H]1CN(S(=O)(=O)c2cccc(C(F)(F)F)c2)c2cc(-c3ccc(F)cc3F)ccc2O1)NS(=O)(=O)c1ccccc1. The number of anilines is 1. The van der Waals surface area contributed by atoms with E-state index < -0.39 is 73.3 Å². The van der Waals surface area contributed by atoms with Crippen LogP contribution in [0.15, 0.2) is 101 Å². The van der Waals surface area contributed by atoms with Crippen LogP contribution in [0, 0.1) is 11.6 Å². The number of ether oxygens (including phenoxy) is 1. The number of nitrogens with zero attached hydrogens (tertiary/aromatic N) is 1. The molecule has 0 radical (unpaired) electrons. The molecular formula is C30H23F5N2O6S2. The number of nitrogens with one attached hydrogen (secondary N) is 1. The number of amides is 1. The minimum absolute atomic E-state index is 0.0506. The van der Waals surface area contributed by atoms with E-state index in [-0.39, 0.29) is 33.9 Å². The van der Waals surface area contributed by atoms with E-state index >= 15 is 0 Å². The van der Waals surface area contributed by atoms with Gasteiger partial charge in [0.25, 0.3) is 20.0 Å². The van der Waals surface area contributed by atoms with Crippen LogP contribution < -0.4 is 13.8 Å². The van der Waals surface area contributed by atoms with Crippen LogP contribution in [-0.2, 0) is 31.0 Å². The van der Waals surface area contributed by atoms with Gasteiger partial charge in [0.2, 0.25) is 5.91 Å². The van der Waals surface area contributed by atoms with Gasteiger partial charge in [-0.25, -0.2) is 30.3 Å². The summed E-state index contributed by atoms with van der Waals surface area (Å²) in [6.45, 7) is -0.486. The second-order valence-corrected chi connectivity index (χ2v) is 13.5. The first kappa shape index (κ1) is 31.9. The molecule has 0 spiro atoms. The fourth-order valence-corrected chi connectivity index (χ4v) is 7.27. The van der Waals surface area contributed by atoms with Crippen molar-refractivity contribution in [3.05, 3.63) is 108 Å². The zero-order valence-corrected chi connectivity index (χ0v) is 24.6. The molecule has 1 aliphatic heterocycles. The van der Waals surface area contributed by atoms with Gasteiger partial charge in [0.05, 0.1) is 27.6 Å². The molecule has 236 valence electrons. The van der Waals surface area contributed by atoms with Crippen molar-refractivity contribution in [1.82, 2.24) is 4.72 Å². The van der Waals surface area contributed by atoms with Gasteiger partial charge in [-0.3, -0.25) is 9.10 Å². The highest BCUT2D eigenvalue weighted by molar-refractivity contribution is 7.92. The van der Waals surface area contributed by atoms with E-state index in [1.807, 2.05) is 4.72 Å². The summed E-state index contributed by atoms with van der Waals surface area (Å²) in [6, 6.07) is 17.0. The predicted molar refractivity (Wildman–Crippen MR) is 153 cm³/mol. The van der Waals surface area contributed by atoms with Crippen LogP contribution in [0.4, 0.5) is 27.6 Å². The van der Waals surface area contributed by atoms with E-state index in [0.29, 0.717) is 18.2 Å². The Bertz CT molecular complexity index is 1970. The number of carbonyl (C=O) groups excluding carboxylic acids is 1. The molecular weight excluding hydrogens is 643 g/mol. The molecule has 8 nitrogen and oxygen atoms in total. The van der Waals surface area contributed by atoms with E-state index in [0.717, 1.165) is 28.6 Å². The third-order valence-corrected chi connectivity index (χ3v) is 10.0. The zero-order chi connectivity index (χ0) is 32.6. The highest BCUT2D eigenvalue weighted by Crippen LogP contribution is 2.41. The molecule has 0 unspecified atom stereocenters. The molecule has 0 saturated carbocycles. The number of benzene rings is 4. The highest BCUT2D eigenvalue weighted by Gasteiger charge is 2.37. The number of fused-ring (bicyclic) bond motifs is 1. The van der Waals surface area contributed by atoms with E-state index in [9.17, 15) is 43.6 Å². The zero-order valence-electron chi connectivity index (χ0n) is 23.0. The Morgan fingerprint density at radius 1 is 0.867 bits per heavy atom. The van der Waals surface area contributed by atoms with Crippen molar-refractivity contribution in [1.29, 1.82) is 0 Å². The Labute approximate surface area is 255 Å². The van der Waals surface area contributed by atoms with E-state index in [4.69, 9.17) is 4.74 Å². The van der Waals surface area contributed by atoms with Crippen molar-refractivity contribution in [3.63, 3.8) is 0 Å². The number of hydrogen-bond donors (Lipinski definition) is 1. The topological polar surface area (TPSA) is 110 Å². The first-order valence-corrected chi connectivity index (χ1v) is 16.1. The average molecular weight is 667 g/mol. The van der Waals surface area contributed by atoms with Crippen LogP contribution in [-0.4, -0.2) is 35.4 Å². The van der Waals surface area contributed by atoms with Crippen molar-refractivity contribution in [2.45, 2.75) is 34.9 Å². The summed E-state index contributed by atoms with van der Waals surface area (Å²) >= 11 is 0. The molecule has 0 fully saturated rings. The fraction of sp³-hybridized carbons (Fsp3) is 0.167. The van der Waals surface area contributed by atoms with Crippen molar-refractivity contribution in [3.8, 4) is 16.9 Å². The van der Waals surface area contributed by atoms with Gasteiger partial charge in [-0.1, -0.05) is 30.3 Å². The van der Waals surface area contributed by atoms with E-state index in [1.54, 1.807) is 6.07 Å². The third-order valence-electron chi connectivity index (χ3n) is 6.88. The summed E-state index contributed by atoms with van der Waals surface area (Å²) < 4.78 is 130. The predicted octanol–water partition coefficient (Wildman–Crippen LogP) is 5.89. The highest BCUT2D eigenvalue weighted by atomic mass is 32.2. The summed E-state index contributed by atoms with van der Waals surface area (Å²) in [5.41, 5.74) is -1.29. The van der Waals surface area contributed by atoms with Gasteiger partial charge >= 0.3 is 6.18 Å². The van der Waals surface area contributed by atoms with Crippen molar-refractivity contribution >= 4 is 31.6 Å². The Morgan fingerprint density at radius 2 is 1.58 bits per heavy atom. The lowest BCUT2D eigenvalue weighted by Gasteiger charge is -2.36. The number of rotatable bonds is 8. The van der Waals surface area contributed by atoms with Crippen LogP contribution in [0.5, 0.6) is 5.75 Å². The van der Waals surface area contributed by atoms with Crippen LogP contribution in [0.3, 0.4) is 0 Å². The van der Waals surface area contributed by atoms with Gasteiger partial charge in [0, 0.05) is 18.1 Å². The Hall–Kier alpha value is -4.50. The van der Waals surface area contributed by atoms with Gasteiger partial charge in [0.15, 0.2) is 0 Å². The molecule has 1 N–H and O–H groups in total. The molecule has 1 amide bonds. The average Bonchev–Trinajstić information content (AvgIpc) is 2.99. The molecule has 1 heterocycles. The third kappa shape index (κ3) is 6.93. The van der Waals surface area contributed by atoms with Crippen molar-refractivity contribution in [2.75, 3.05) is 10.8 Å². The molecule has 1 atom stereocenters. The monoisotopic (exact) mass is 666 g/mol. The lowest BCUT2D eigenvalue weighted by atomic mass is 10.0. The smallest absolute Gasteiger partial charge is 0.416 e. The molecule has 0 aromatic heterocycles. The molecule has 5 rings (SSSR count). The maximum Gasteiger partial charge on any atom is 0.416 e. The van der Waals surface area contributed by atoms with Gasteiger partial charge in [-0.2, -0.15) is 13.2 Å². The van der Waals surface area contributed by atoms with Gasteiger partial charge < -0.3 is 4.74 Å².